The lowest BCUT2D eigenvalue weighted by Gasteiger charge is -2.03. The van der Waals surface area contributed by atoms with Crippen LogP contribution in [0.4, 0.5) is 0 Å². The minimum absolute atomic E-state index is 0.0278. The molecule has 14 heavy (non-hydrogen) atoms. The van der Waals surface area contributed by atoms with Crippen LogP contribution >= 0.6 is 0 Å². The molecule has 2 N–H and O–H groups in total. The van der Waals surface area contributed by atoms with Gasteiger partial charge in [0.25, 0.3) is 0 Å². The van der Waals surface area contributed by atoms with Crippen LogP contribution in [-0.2, 0) is 4.79 Å². The molecule has 0 atom stereocenters. The molecule has 0 unspecified atom stereocenters. The fourth-order valence-electron chi connectivity index (χ4n) is 0.965. The van der Waals surface area contributed by atoms with Crippen molar-refractivity contribution in [3.63, 3.8) is 0 Å². The fourth-order valence-corrected chi connectivity index (χ4v) is 0.965. The minimum Gasteiger partial charge on any atom is -0.504 e. The molecule has 0 aliphatic carbocycles. The quantitative estimate of drug-likeness (QED) is 0.725. The van der Waals surface area contributed by atoms with Crippen LogP contribution in [0.2, 0.25) is 0 Å². The molecule has 0 saturated heterocycles. The van der Waals surface area contributed by atoms with Gasteiger partial charge in [-0.15, -0.1) is 0 Å². The number of benzene rings is 1. The van der Waals surface area contributed by atoms with Crippen molar-refractivity contribution >= 4 is 12.0 Å². The van der Waals surface area contributed by atoms with Crippen molar-refractivity contribution in [2.45, 2.75) is 0 Å². The number of hydrogen-bond donors (Lipinski definition) is 2. The molecule has 1 aromatic rings. The second-order valence-corrected chi connectivity index (χ2v) is 2.60. The Morgan fingerprint density at radius 3 is 2.79 bits per heavy atom. The van der Waals surface area contributed by atoms with E-state index in [1.807, 2.05) is 0 Å². The van der Waals surface area contributed by atoms with Crippen LogP contribution in [0.25, 0.3) is 6.08 Å². The first kappa shape index (κ1) is 10.1. The summed E-state index contributed by atoms with van der Waals surface area (Å²) in [4.78, 5) is 10.2. The lowest BCUT2D eigenvalue weighted by Crippen LogP contribution is -1.87. The predicted octanol–water partition coefficient (Wildman–Crippen LogP) is 1.50. The van der Waals surface area contributed by atoms with Crippen LogP contribution in [0.1, 0.15) is 5.56 Å². The highest BCUT2D eigenvalue weighted by Crippen LogP contribution is 2.26. The summed E-state index contributed by atoms with van der Waals surface area (Å²) in [5.41, 5.74) is 0.655. The van der Waals surface area contributed by atoms with E-state index in [-0.39, 0.29) is 5.75 Å². The summed E-state index contributed by atoms with van der Waals surface area (Å²) in [6.45, 7) is 0. The minimum atomic E-state index is -1.02. The van der Waals surface area contributed by atoms with Gasteiger partial charge in [-0.3, -0.25) is 0 Å². The van der Waals surface area contributed by atoms with Crippen LogP contribution in [-0.4, -0.2) is 23.3 Å². The first-order chi connectivity index (χ1) is 6.63. The highest BCUT2D eigenvalue weighted by atomic mass is 16.6. The van der Waals surface area contributed by atoms with Gasteiger partial charge in [0, 0.05) is 6.08 Å². The number of rotatable bonds is 3. The average Bonchev–Trinajstić information content (AvgIpc) is 2.16. The Labute approximate surface area is 81.1 Å². The fraction of sp³-hybridized carbons (Fsp3) is 0.100. The van der Waals surface area contributed by atoms with Crippen molar-refractivity contribution in [1.29, 1.82) is 0 Å². The zero-order valence-electron chi connectivity index (χ0n) is 7.60. The molecule has 0 aliphatic heterocycles. The standard InChI is InChI=1S/C10H10O4/c1-14-9-6-7(2-4-8(9)11)3-5-10(12)13/h2-6,11H,1H3,(H,12,13)/b5-3+/i2+1,4+1,6+1,7+1,8+1,9+1. The molecule has 1 rings (SSSR count). The van der Waals surface area contributed by atoms with E-state index < -0.39 is 5.97 Å². The Bertz CT molecular complexity index is 368. The van der Waals surface area contributed by atoms with Crippen LogP contribution < -0.4 is 4.74 Å². The van der Waals surface area contributed by atoms with E-state index >= 15 is 0 Å². The molecule has 4 nitrogen and oxygen atoms in total. The molecule has 4 heteroatoms. The molecular formula is C10H10O4. The summed E-state index contributed by atoms with van der Waals surface area (Å²) >= 11 is 0. The number of ether oxygens (including phenoxy) is 1. The van der Waals surface area contributed by atoms with E-state index in [4.69, 9.17) is 9.84 Å². The maximum atomic E-state index is 10.2. The Morgan fingerprint density at radius 1 is 1.50 bits per heavy atom. The smallest absolute Gasteiger partial charge is 0.328 e. The van der Waals surface area contributed by atoms with E-state index in [9.17, 15) is 9.90 Å². The normalized spacial score (nSPS) is 10.4. The Hall–Kier alpha value is -1.97. The number of phenolic OH excluding ortho intramolecular Hbond substituents is 1. The molecule has 0 saturated carbocycles. The number of aromatic hydroxyl groups is 1. The summed E-state index contributed by atoms with van der Waals surface area (Å²) in [7, 11) is 1.43. The van der Waals surface area contributed by atoms with E-state index in [1.165, 1.54) is 19.3 Å². The maximum Gasteiger partial charge on any atom is 0.328 e. The first-order valence-electron chi connectivity index (χ1n) is 3.91. The highest BCUT2D eigenvalue weighted by Gasteiger charge is 2.00. The van der Waals surface area contributed by atoms with Crippen LogP contribution in [0.3, 0.4) is 0 Å². The zero-order chi connectivity index (χ0) is 10.6. The molecule has 74 valence electrons. The van der Waals surface area contributed by atoms with Gasteiger partial charge in [-0.25, -0.2) is 4.79 Å². The van der Waals surface area contributed by atoms with E-state index in [2.05, 4.69) is 0 Å². The maximum absolute atomic E-state index is 10.2. The number of hydrogen-bond acceptors (Lipinski definition) is 3. The van der Waals surface area contributed by atoms with Crippen molar-refractivity contribution in [2.75, 3.05) is 7.11 Å². The van der Waals surface area contributed by atoms with Gasteiger partial charge in [0.2, 0.25) is 0 Å². The van der Waals surface area contributed by atoms with Crippen LogP contribution in [0.5, 0.6) is 11.5 Å². The van der Waals surface area contributed by atoms with Crippen molar-refractivity contribution < 1.29 is 19.7 Å². The van der Waals surface area contributed by atoms with E-state index in [0.717, 1.165) is 6.08 Å². The van der Waals surface area contributed by atoms with Crippen molar-refractivity contribution in [1.82, 2.24) is 0 Å². The number of carboxylic acid groups (broad SMARTS) is 1. The molecular weight excluding hydrogens is 190 g/mol. The third kappa shape index (κ3) is 2.52. The summed E-state index contributed by atoms with van der Waals surface area (Å²) in [6, 6.07) is 4.59. The third-order valence-corrected chi connectivity index (χ3v) is 1.62. The average molecular weight is 200 g/mol. The second-order valence-electron chi connectivity index (χ2n) is 2.60. The molecule has 0 aromatic heterocycles. The lowest BCUT2D eigenvalue weighted by molar-refractivity contribution is -0.131. The van der Waals surface area contributed by atoms with Crippen LogP contribution in [0.15, 0.2) is 24.3 Å². The molecule has 0 spiro atoms. The second kappa shape index (κ2) is 4.32. The van der Waals surface area contributed by atoms with E-state index in [1.54, 1.807) is 12.1 Å². The number of carboxylic acids is 1. The predicted molar refractivity (Wildman–Crippen MR) is 51.3 cm³/mol. The monoisotopic (exact) mass is 200 g/mol. The third-order valence-electron chi connectivity index (χ3n) is 1.62. The lowest BCUT2D eigenvalue weighted by atomic mass is 10.6. The van der Waals surface area contributed by atoms with Gasteiger partial charge in [-0.05, 0) is 23.8 Å². The van der Waals surface area contributed by atoms with Crippen molar-refractivity contribution in [3.05, 3.63) is 29.8 Å². The summed E-state index contributed by atoms with van der Waals surface area (Å²) < 4.78 is 4.86. The first-order valence-corrected chi connectivity index (χ1v) is 3.91. The van der Waals surface area contributed by atoms with Gasteiger partial charge in [0.05, 0.1) is 7.11 Å². The van der Waals surface area contributed by atoms with Crippen molar-refractivity contribution in [2.24, 2.45) is 0 Å². The van der Waals surface area contributed by atoms with E-state index in [0.29, 0.717) is 11.3 Å². The Balaban J connectivity index is 2.95. The van der Waals surface area contributed by atoms with Crippen LogP contribution in [0, 0.1) is 0 Å². The molecule has 0 heterocycles. The Kier molecular flexibility index (Phi) is 3.12. The topological polar surface area (TPSA) is 66.8 Å². The largest absolute Gasteiger partial charge is 0.504 e. The number of aliphatic carboxylic acids is 1. The number of phenols is 1. The summed E-state index contributed by atoms with van der Waals surface area (Å²) in [6.07, 6.45) is 2.44. The SMILES string of the molecule is CO[13c]1[13cH][13c](/C=C/C(=O)O)[13cH][13cH][13c]1O. The number of carbonyl (C=O) groups is 1. The molecule has 1 aromatic carbocycles. The van der Waals surface area contributed by atoms with Gasteiger partial charge in [-0.2, -0.15) is 0 Å². The van der Waals surface area contributed by atoms with Gasteiger partial charge >= 0.3 is 5.97 Å². The molecule has 0 radical (unpaired) electrons. The number of methoxy groups -OCH3 is 1. The van der Waals surface area contributed by atoms with Gasteiger partial charge in [-0.1, -0.05) is 6.07 Å². The van der Waals surface area contributed by atoms with Crippen molar-refractivity contribution in [3.8, 4) is 11.5 Å². The Morgan fingerprint density at radius 2 is 2.21 bits per heavy atom. The highest BCUT2D eigenvalue weighted by molar-refractivity contribution is 5.85. The molecule has 0 aliphatic rings. The van der Waals surface area contributed by atoms with Gasteiger partial charge < -0.3 is 14.9 Å². The molecule has 0 amide bonds. The summed E-state index contributed by atoms with van der Waals surface area (Å²) in [5, 5.41) is 17.6. The molecule has 0 fully saturated rings. The zero-order valence-corrected chi connectivity index (χ0v) is 7.60. The van der Waals surface area contributed by atoms with Gasteiger partial charge in [0.15, 0.2) is 11.5 Å². The van der Waals surface area contributed by atoms with Gasteiger partial charge in [0.1, 0.15) is 0 Å². The molecule has 0 bridgehead atoms. The summed E-state index contributed by atoms with van der Waals surface area (Å²) in [5.74, 6) is -0.672.